The van der Waals surface area contributed by atoms with Crippen LogP contribution < -0.4 is 5.32 Å². The van der Waals surface area contributed by atoms with Crippen LogP contribution in [0, 0.1) is 5.92 Å². The molecule has 1 aliphatic carbocycles. The van der Waals surface area contributed by atoms with Crippen LogP contribution in [-0.2, 0) is 16.0 Å². The van der Waals surface area contributed by atoms with E-state index in [2.05, 4.69) is 15.3 Å². The number of allylic oxidation sites excluding steroid dienone is 1. The number of aliphatic imine (C=N–C) groups is 2. The number of nitrogens with zero attached hydrogens (tertiary/aromatic N) is 2. The molecule has 0 saturated heterocycles. The van der Waals surface area contributed by atoms with Gasteiger partial charge in [-0.05, 0) is 29.9 Å². The molecule has 5 nitrogen and oxygen atoms in total. The molecule has 0 radical (unpaired) electrons. The van der Waals surface area contributed by atoms with E-state index < -0.39 is 0 Å². The Morgan fingerprint density at radius 1 is 1.25 bits per heavy atom. The van der Waals surface area contributed by atoms with Crippen LogP contribution in [0.4, 0.5) is 0 Å². The Morgan fingerprint density at radius 3 is 2.71 bits per heavy atom. The topological polar surface area (TPSA) is 55.2 Å². The van der Waals surface area contributed by atoms with Gasteiger partial charge in [0.2, 0.25) is 0 Å². The number of methoxy groups -OCH3 is 2. The molecule has 1 aromatic rings. The lowest BCUT2D eigenvalue weighted by atomic mass is 9.94. The van der Waals surface area contributed by atoms with Crippen molar-refractivity contribution in [2.24, 2.45) is 15.9 Å². The van der Waals surface area contributed by atoms with E-state index >= 15 is 0 Å². The molecule has 7 heteroatoms. The SMILES string of the molecule is COC1=CC2=NC(=S)NC(=NCc3ccccc3Cl)C2C=C1OC. The molecular weight excluding hydrogens is 346 g/mol. The van der Waals surface area contributed by atoms with E-state index in [0.717, 1.165) is 11.3 Å². The Bertz CT molecular complexity index is 799. The van der Waals surface area contributed by atoms with Crippen molar-refractivity contribution in [3.8, 4) is 0 Å². The lowest BCUT2D eigenvalue weighted by Crippen LogP contribution is -2.43. The van der Waals surface area contributed by atoms with Crippen molar-refractivity contribution in [2.75, 3.05) is 14.2 Å². The predicted octanol–water partition coefficient (Wildman–Crippen LogP) is 3.26. The highest BCUT2D eigenvalue weighted by molar-refractivity contribution is 7.80. The van der Waals surface area contributed by atoms with Crippen LogP contribution in [0.25, 0.3) is 0 Å². The minimum Gasteiger partial charge on any atom is -0.493 e. The van der Waals surface area contributed by atoms with Crippen molar-refractivity contribution >= 4 is 40.5 Å². The van der Waals surface area contributed by atoms with Crippen molar-refractivity contribution in [1.29, 1.82) is 0 Å². The predicted molar refractivity (Wildman–Crippen MR) is 99.4 cm³/mol. The molecular formula is C17H16ClN3O2S. The summed E-state index contributed by atoms with van der Waals surface area (Å²) in [5.41, 5.74) is 1.72. The average Bonchev–Trinajstić information content (AvgIpc) is 2.59. The maximum Gasteiger partial charge on any atom is 0.198 e. The first kappa shape index (κ1) is 16.7. The van der Waals surface area contributed by atoms with E-state index in [4.69, 9.17) is 33.3 Å². The number of thiocarbonyl (C=S) groups is 1. The van der Waals surface area contributed by atoms with E-state index in [1.54, 1.807) is 14.2 Å². The minimum atomic E-state index is -0.159. The molecule has 0 amide bonds. The minimum absolute atomic E-state index is 0.159. The Labute approximate surface area is 150 Å². The van der Waals surface area contributed by atoms with Gasteiger partial charge in [-0.2, -0.15) is 0 Å². The molecule has 124 valence electrons. The van der Waals surface area contributed by atoms with Gasteiger partial charge in [-0.1, -0.05) is 29.8 Å². The zero-order valence-electron chi connectivity index (χ0n) is 13.2. The summed E-state index contributed by atoms with van der Waals surface area (Å²) in [7, 11) is 3.19. The number of rotatable bonds is 4. The third-order valence-corrected chi connectivity index (χ3v) is 4.30. The molecule has 1 N–H and O–H groups in total. The number of ether oxygens (including phenoxy) is 2. The van der Waals surface area contributed by atoms with E-state index in [-0.39, 0.29) is 5.92 Å². The number of fused-ring (bicyclic) bond motifs is 1. The van der Waals surface area contributed by atoms with Crippen molar-refractivity contribution in [3.05, 3.63) is 58.5 Å². The number of benzene rings is 1. The molecule has 1 aliphatic heterocycles. The first-order chi connectivity index (χ1) is 11.6. The molecule has 0 spiro atoms. The molecule has 24 heavy (non-hydrogen) atoms. The fraction of sp³-hybridized carbons (Fsp3) is 0.235. The van der Waals surface area contributed by atoms with Gasteiger partial charge in [0.15, 0.2) is 16.6 Å². The molecule has 1 heterocycles. The molecule has 0 fully saturated rings. The highest BCUT2D eigenvalue weighted by atomic mass is 35.5. The van der Waals surface area contributed by atoms with Crippen molar-refractivity contribution in [2.45, 2.75) is 6.54 Å². The molecule has 3 rings (SSSR count). The molecule has 1 atom stereocenters. The van der Waals surface area contributed by atoms with Crippen LogP contribution in [0.2, 0.25) is 5.02 Å². The monoisotopic (exact) mass is 361 g/mol. The van der Waals surface area contributed by atoms with E-state index in [1.807, 2.05) is 36.4 Å². The van der Waals surface area contributed by atoms with Crippen LogP contribution in [0.3, 0.4) is 0 Å². The Hall–Kier alpha value is -2.18. The number of hydrogen-bond donors (Lipinski definition) is 1. The van der Waals surface area contributed by atoms with Gasteiger partial charge in [-0.25, -0.2) is 4.99 Å². The summed E-state index contributed by atoms with van der Waals surface area (Å²) in [5, 5.41) is 4.13. The zero-order chi connectivity index (χ0) is 17.1. The van der Waals surface area contributed by atoms with Gasteiger partial charge >= 0.3 is 0 Å². The summed E-state index contributed by atoms with van der Waals surface area (Å²) in [4.78, 5) is 9.02. The van der Waals surface area contributed by atoms with Gasteiger partial charge in [0.25, 0.3) is 0 Å². The average molecular weight is 362 g/mol. The number of amidine groups is 1. The molecule has 1 unspecified atom stereocenters. The number of halogens is 1. The van der Waals surface area contributed by atoms with Gasteiger partial charge in [0, 0.05) is 11.1 Å². The Morgan fingerprint density at radius 2 is 2.00 bits per heavy atom. The molecule has 1 aromatic carbocycles. The van der Waals surface area contributed by atoms with E-state index in [1.165, 1.54) is 0 Å². The van der Waals surface area contributed by atoms with Gasteiger partial charge in [-0.15, -0.1) is 0 Å². The summed E-state index contributed by atoms with van der Waals surface area (Å²) in [6.07, 6.45) is 3.74. The Kier molecular flexibility index (Phi) is 4.97. The third-order valence-electron chi connectivity index (χ3n) is 3.74. The van der Waals surface area contributed by atoms with Crippen LogP contribution >= 0.6 is 23.8 Å². The first-order valence-electron chi connectivity index (χ1n) is 7.31. The molecule has 0 bridgehead atoms. The van der Waals surface area contributed by atoms with Gasteiger partial charge in [0.1, 0.15) is 5.84 Å². The second kappa shape index (κ2) is 7.15. The summed E-state index contributed by atoms with van der Waals surface area (Å²) in [6, 6.07) is 7.62. The highest BCUT2D eigenvalue weighted by Gasteiger charge is 2.30. The molecule has 2 aliphatic rings. The summed E-state index contributed by atoms with van der Waals surface area (Å²) in [5.74, 6) is 1.81. The maximum atomic E-state index is 6.19. The first-order valence-corrected chi connectivity index (χ1v) is 8.10. The smallest absolute Gasteiger partial charge is 0.198 e. The summed E-state index contributed by atoms with van der Waals surface area (Å²) in [6.45, 7) is 0.450. The fourth-order valence-corrected chi connectivity index (χ4v) is 2.94. The summed E-state index contributed by atoms with van der Waals surface area (Å²) < 4.78 is 10.7. The second-order valence-corrected chi connectivity index (χ2v) is 5.98. The molecule has 0 aromatic heterocycles. The third kappa shape index (κ3) is 3.34. The second-order valence-electron chi connectivity index (χ2n) is 5.19. The van der Waals surface area contributed by atoms with Crippen molar-refractivity contribution < 1.29 is 9.47 Å². The fourth-order valence-electron chi connectivity index (χ4n) is 2.53. The van der Waals surface area contributed by atoms with Crippen LogP contribution in [0.15, 0.2) is 57.9 Å². The standard InChI is InChI=1S/C17H16ClN3O2S/c1-22-14-7-11-13(8-15(14)23-2)20-17(24)21-16(11)19-9-10-5-3-4-6-12(10)18/h3-8,11H,9H2,1-2H3,(H,19,21,24). The van der Waals surface area contributed by atoms with Crippen LogP contribution in [-0.4, -0.2) is 30.9 Å². The zero-order valence-corrected chi connectivity index (χ0v) is 14.8. The highest BCUT2D eigenvalue weighted by Crippen LogP contribution is 2.25. The quantitative estimate of drug-likeness (QED) is 0.836. The normalized spacial score (nSPS) is 21.3. The van der Waals surface area contributed by atoms with Crippen molar-refractivity contribution in [3.63, 3.8) is 0 Å². The largest absolute Gasteiger partial charge is 0.493 e. The number of nitrogens with one attached hydrogen (secondary N) is 1. The lowest BCUT2D eigenvalue weighted by Gasteiger charge is -2.27. The van der Waals surface area contributed by atoms with Gasteiger partial charge < -0.3 is 14.8 Å². The van der Waals surface area contributed by atoms with E-state index in [9.17, 15) is 0 Å². The summed E-state index contributed by atoms with van der Waals surface area (Å²) >= 11 is 11.4. The van der Waals surface area contributed by atoms with Crippen molar-refractivity contribution in [1.82, 2.24) is 5.32 Å². The Balaban J connectivity index is 1.93. The van der Waals surface area contributed by atoms with Gasteiger partial charge in [0.05, 0.1) is 32.4 Å². The van der Waals surface area contributed by atoms with Crippen LogP contribution in [0.1, 0.15) is 5.56 Å². The number of hydrogen-bond acceptors (Lipinski definition) is 4. The van der Waals surface area contributed by atoms with E-state index in [0.29, 0.717) is 34.0 Å². The maximum absolute atomic E-state index is 6.19. The van der Waals surface area contributed by atoms with Gasteiger partial charge in [-0.3, -0.25) is 4.99 Å². The van der Waals surface area contributed by atoms with Crippen LogP contribution in [0.5, 0.6) is 0 Å². The molecule has 0 saturated carbocycles. The lowest BCUT2D eigenvalue weighted by molar-refractivity contribution is 0.218.